The van der Waals surface area contributed by atoms with Gasteiger partial charge in [-0.25, -0.2) is 0 Å². The van der Waals surface area contributed by atoms with Crippen LogP contribution in [0, 0.1) is 0 Å². The van der Waals surface area contributed by atoms with E-state index >= 15 is 0 Å². The predicted octanol–water partition coefficient (Wildman–Crippen LogP) is 3.00. The van der Waals surface area contributed by atoms with Crippen LogP contribution in [0.15, 0.2) is 60.9 Å². The van der Waals surface area contributed by atoms with Gasteiger partial charge in [0.15, 0.2) is 5.82 Å². The zero-order chi connectivity index (χ0) is 23.2. The lowest BCUT2D eigenvalue weighted by atomic mass is 9.91. The number of nitrogens with zero attached hydrogens (tertiary/aromatic N) is 5. The lowest BCUT2D eigenvalue weighted by molar-refractivity contribution is 0.0397. The molecule has 2 fully saturated rings. The number of aromatic nitrogens is 3. The molecular formula is C27H37N7. The molecule has 2 heterocycles. The molecule has 1 atom stereocenters. The van der Waals surface area contributed by atoms with Gasteiger partial charge < -0.3 is 4.57 Å². The van der Waals surface area contributed by atoms with Crippen molar-refractivity contribution in [3.05, 3.63) is 83.4 Å². The summed E-state index contributed by atoms with van der Waals surface area (Å²) in [5.74, 6) is 1.07. The maximum atomic E-state index is 4.66. The summed E-state index contributed by atoms with van der Waals surface area (Å²) in [6.07, 6.45) is 6.99. The first-order chi connectivity index (χ1) is 16.8. The Hall–Kier alpha value is -2.58. The van der Waals surface area contributed by atoms with Crippen molar-refractivity contribution in [1.82, 2.24) is 35.4 Å². The topological polar surface area (TPSA) is 61.3 Å². The Kier molecular flexibility index (Phi) is 7.65. The number of hydrogen-bond donors (Lipinski definition) is 2. The molecule has 1 aliphatic carbocycles. The largest absolute Gasteiger partial charge is 0.312 e. The fourth-order valence-electron chi connectivity index (χ4n) is 5.18. The van der Waals surface area contributed by atoms with Gasteiger partial charge in [-0.15, -0.1) is 10.2 Å². The maximum absolute atomic E-state index is 4.66. The van der Waals surface area contributed by atoms with E-state index in [9.17, 15) is 0 Å². The molecule has 2 aromatic carbocycles. The van der Waals surface area contributed by atoms with Crippen molar-refractivity contribution in [2.75, 3.05) is 33.2 Å². The van der Waals surface area contributed by atoms with Gasteiger partial charge in [-0.2, -0.15) is 0 Å². The Balaban J connectivity index is 1.35. The minimum absolute atomic E-state index is 0.219. The lowest BCUT2D eigenvalue weighted by Gasteiger charge is -2.44. The van der Waals surface area contributed by atoms with E-state index in [0.717, 1.165) is 57.6 Å². The van der Waals surface area contributed by atoms with Crippen LogP contribution in [0.2, 0.25) is 0 Å². The van der Waals surface area contributed by atoms with Crippen LogP contribution in [0.3, 0.4) is 0 Å². The van der Waals surface area contributed by atoms with Gasteiger partial charge in [0.05, 0.1) is 12.6 Å². The molecule has 5 rings (SSSR count). The Morgan fingerprint density at radius 3 is 2.32 bits per heavy atom. The van der Waals surface area contributed by atoms with Crippen molar-refractivity contribution in [1.29, 1.82) is 0 Å². The highest BCUT2D eigenvalue weighted by atomic mass is 15.3. The molecule has 7 nitrogen and oxygen atoms in total. The van der Waals surface area contributed by atoms with Crippen LogP contribution in [0.4, 0.5) is 0 Å². The molecular weight excluding hydrogens is 422 g/mol. The van der Waals surface area contributed by atoms with E-state index in [1.54, 1.807) is 0 Å². The first-order valence-corrected chi connectivity index (χ1v) is 12.7. The molecule has 0 spiro atoms. The summed E-state index contributed by atoms with van der Waals surface area (Å²) in [6, 6.07) is 20.6. The molecule has 1 unspecified atom stereocenters. The summed E-state index contributed by atoms with van der Waals surface area (Å²) in [7, 11) is 1.90. The summed E-state index contributed by atoms with van der Waals surface area (Å²) in [6.45, 7) is 6.10. The standard InChI is InChI=1S/C27H37N7/c1-28-29-19-23-12-10-22(11-13-23)18-26(33-16-14-32(15-17-33)25-8-5-9-25)27-31-30-21-34(27)20-24-6-3-2-4-7-24/h2-4,6-7,10-13,21,25-26,28-29H,5,8-9,14-20H2,1H3. The molecule has 0 amide bonds. The van der Waals surface area contributed by atoms with E-state index in [2.05, 4.69) is 90.0 Å². The Bertz CT molecular complexity index is 1000. The predicted molar refractivity (Wildman–Crippen MR) is 135 cm³/mol. The molecule has 2 aliphatic rings. The van der Waals surface area contributed by atoms with Gasteiger partial charge in [-0.05, 0) is 43.0 Å². The highest BCUT2D eigenvalue weighted by molar-refractivity contribution is 5.24. The molecule has 1 aromatic heterocycles. The van der Waals surface area contributed by atoms with E-state index in [-0.39, 0.29) is 6.04 Å². The van der Waals surface area contributed by atoms with Crippen LogP contribution in [0.25, 0.3) is 0 Å². The van der Waals surface area contributed by atoms with E-state index in [1.807, 2.05) is 13.4 Å². The number of rotatable bonds is 10. The van der Waals surface area contributed by atoms with Crippen LogP contribution in [-0.4, -0.2) is 63.8 Å². The molecule has 0 bridgehead atoms. The van der Waals surface area contributed by atoms with Gasteiger partial charge in [0.1, 0.15) is 6.33 Å². The molecule has 1 aliphatic heterocycles. The fourth-order valence-corrected chi connectivity index (χ4v) is 5.18. The van der Waals surface area contributed by atoms with Gasteiger partial charge in [0.25, 0.3) is 0 Å². The summed E-state index contributed by atoms with van der Waals surface area (Å²) in [5, 5.41) is 9.01. The number of hydrogen-bond acceptors (Lipinski definition) is 6. The number of benzene rings is 2. The SMILES string of the molecule is CNNCc1ccc(CC(c2nncn2Cc2ccccc2)N2CCN(C3CCC3)CC2)cc1. The Morgan fingerprint density at radius 1 is 0.912 bits per heavy atom. The summed E-state index contributed by atoms with van der Waals surface area (Å²) >= 11 is 0. The molecule has 3 aromatic rings. The Morgan fingerprint density at radius 2 is 1.65 bits per heavy atom. The normalized spacial score (nSPS) is 18.6. The summed E-state index contributed by atoms with van der Waals surface area (Å²) < 4.78 is 2.24. The van der Waals surface area contributed by atoms with E-state index in [0.29, 0.717) is 0 Å². The van der Waals surface area contributed by atoms with Crippen molar-refractivity contribution < 1.29 is 0 Å². The third kappa shape index (κ3) is 5.55. The Labute approximate surface area is 203 Å². The first kappa shape index (κ1) is 23.2. The number of hydrazine groups is 1. The molecule has 1 saturated heterocycles. The van der Waals surface area contributed by atoms with Crippen LogP contribution >= 0.6 is 0 Å². The van der Waals surface area contributed by atoms with Gasteiger partial charge in [0.2, 0.25) is 0 Å². The fraction of sp³-hybridized carbons (Fsp3) is 0.481. The second-order valence-corrected chi connectivity index (χ2v) is 9.60. The molecule has 2 N–H and O–H groups in total. The second-order valence-electron chi connectivity index (χ2n) is 9.60. The van der Waals surface area contributed by atoms with Gasteiger partial charge in [-0.1, -0.05) is 61.0 Å². The average Bonchev–Trinajstić information content (AvgIpc) is 3.30. The van der Waals surface area contributed by atoms with Crippen LogP contribution in [-0.2, 0) is 19.5 Å². The third-order valence-corrected chi connectivity index (χ3v) is 7.44. The number of piperazine rings is 1. The quantitative estimate of drug-likeness (QED) is 0.455. The zero-order valence-electron chi connectivity index (χ0n) is 20.2. The summed E-state index contributed by atoms with van der Waals surface area (Å²) in [4.78, 5) is 5.34. The minimum atomic E-state index is 0.219. The van der Waals surface area contributed by atoms with Crippen molar-refractivity contribution in [2.45, 2.75) is 50.9 Å². The van der Waals surface area contributed by atoms with Crippen LogP contribution < -0.4 is 10.9 Å². The van der Waals surface area contributed by atoms with E-state index < -0.39 is 0 Å². The molecule has 1 saturated carbocycles. The van der Waals surface area contributed by atoms with E-state index in [1.165, 1.54) is 36.0 Å². The first-order valence-electron chi connectivity index (χ1n) is 12.7. The molecule has 0 radical (unpaired) electrons. The minimum Gasteiger partial charge on any atom is -0.312 e. The highest BCUT2D eigenvalue weighted by Gasteiger charge is 2.32. The monoisotopic (exact) mass is 459 g/mol. The van der Waals surface area contributed by atoms with E-state index in [4.69, 9.17) is 0 Å². The molecule has 7 heteroatoms. The third-order valence-electron chi connectivity index (χ3n) is 7.44. The van der Waals surface area contributed by atoms with Crippen molar-refractivity contribution in [3.8, 4) is 0 Å². The van der Waals surface area contributed by atoms with Crippen molar-refractivity contribution >= 4 is 0 Å². The van der Waals surface area contributed by atoms with Crippen molar-refractivity contribution in [2.24, 2.45) is 0 Å². The molecule has 34 heavy (non-hydrogen) atoms. The summed E-state index contributed by atoms with van der Waals surface area (Å²) in [5.41, 5.74) is 10.1. The van der Waals surface area contributed by atoms with Gasteiger partial charge in [-0.3, -0.25) is 20.7 Å². The van der Waals surface area contributed by atoms with Crippen molar-refractivity contribution in [3.63, 3.8) is 0 Å². The molecule has 180 valence electrons. The van der Waals surface area contributed by atoms with Crippen LogP contribution in [0.5, 0.6) is 0 Å². The maximum Gasteiger partial charge on any atom is 0.150 e. The smallest absolute Gasteiger partial charge is 0.150 e. The zero-order valence-corrected chi connectivity index (χ0v) is 20.2. The van der Waals surface area contributed by atoms with Crippen LogP contribution in [0.1, 0.15) is 47.8 Å². The number of nitrogens with one attached hydrogen (secondary N) is 2. The van der Waals surface area contributed by atoms with Gasteiger partial charge in [0, 0.05) is 38.8 Å². The van der Waals surface area contributed by atoms with Gasteiger partial charge >= 0.3 is 0 Å². The lowest BCUT2D eigenvalue weighted by Crippen LogP contribution is -2.53. The average molecular weight is 460 g/mol. The highest BCUT2D eigenvalue weighted by Crippen LogP contribution is 2.29. The second kappa shape index (κ2) is 11.2.